The molecule has 0 radical (unpaired) electrons. The van der Waals surface area contributed by atoms with E-state index in [9.17, 15) is 9.59 Å². The van der Waals surface area contributed by atoms with E-state index in [4.69, 9.17) is 4.74 Å². The van der Waals surface area contributed by atoms with Crippen molar-refractivity contribution in [2.75, 3.05) is 12.4 Å². The minimum Gasteiger partial charge on any atom is -0.497 e. The zero-order chi connectivity index (χ0) is 24.5. The van der Waals surface area contributed by atoms with Crippen LogP contribution in [0.3, 0.4) is 0 Å². The fourth-order valence-corrected chi connectivity index (χ4v) is 4.36. The number of nitrogens with zero attached hydrogens (tertiary/aromatic N) is 3. The van der Waals surface area contributed by atoms with E-state index in [1.54, 1.807) is 22.6 Å². The molecule has 35 heavy (non-hydrogen) atoms. The van der Waals surface area contributed by atoms with E-state index in [1.165, 1.54) is 0 Å². The maximum absolute atomic E-state index is 13.6. The average Bonchev–Trinajstić information content (AvgIpc) is 3.17. The highest BCUT2D eigenvalue weighted by Crippen LogP contribution is 2.26. The van der Waals surface area contributed by atoms with Crippen LogP contribution in [0.1, 0.15) is 16.7 Å². The molecule has 3 aromatic carbocycles. The number of hydrogen-bond acceptors (Lipinski definition) is 4. The Morgan fingerprint density at radius 1 is 1.03 bits per heavy atom. The summed E-state index contributed by atoms with van der Waals surface area (Å²) in [5.74, 6) is 0.552. The van der Waals surface area contributed by atoms with E-state index < -0.39 is 0 Å². The molecule has 2 aromatic heterocycles. The van der Waals surface area contributed by atoms with Crippen molar-refractivity contribution in [1.29, 1.82) is 0 Å². The highest BCUT2D eigenvalue weighted by molar-refractivity contribution is 6.06. The number of hydrogen-bond donors (Lipinski definition) is 1. The highest BCUT2D eigenvalue weighted by Gasteiger charge is 2.18. The van der Waals surface area contributed by atoms with Crippen LogP contribution < -0.4 is 15.6 Å². The lowest BCUT2D eigenvalue weighted by Gasteiger charge is -2.12. The summed E-state index contributed by atoms with van der Waals surface area (Å²) in [4.78, 5) is 31.4. The van der Waals surface area contributed by atoms with Crippen molar-refractivity contribution in [2.24, 2.45) is 0 Å². The number of ether oxygens (including phenoxy) is 1. The fourth-order valence-electron chi connectivity index (χ4n) is 4.36. The fraction of sp³-hybridized carbons (Fsp3) is 0.179. The topological polar surface area (TPSA) is 78.2 Å². The first-order chi connectivity index (χ1) is 16.9. The Kier molecular flexibility index (Phi) is 5.82. The number of benzene rings is 3. The highest BCUT2D eigenvalue weighted by atomic mass is 16.5. The Hall–Kier alpha value is -4.39. The van der Waals surface area contributed by atoms with Crippen molar-refractivity contribution >= 4 is 33.5 Å². The number of fused-ring (bicyclic) bond motifs is 3. The Balaban J connectivity index is 1.56. The van der Waals surface area contributed by atoms with Crippen molar-refractivity contribution in [3.05, 3.63) is 100 Å². The van der Waals surface area contributed by atoms with E-state index in [0.717, 1.165) is 39.0 Å². The quantitative estimate of drug-likeness (QED) is 0.395. The lowest BCUT2D eigenvalue weighted by atomic mass is 10.1. The van der Waals surface area contributed by atoms with Gasteiger partial charge in [-0.3, -0.25) is 14.2 Å². The van der Waals surface area contributed by atoms with E-state index >= 15 is 0 Å². The maximum atomic E-state index is 13.6. The molecule has 5 rings (SSSR count). The normalized spacial score (nSPS) is 11.2. The van der Waals surface area contributed by atoms with Crippen LogP contribution in [-0.4, -0.2) is 27.1 Å². The zero-order valence-electron chi connectivity index (χ0n) is 19.9. The molecule has 0 unspecified atom stereocenters. The summed E-state index contributed by atoms with van der Waals surface area (Å²) in [5, 5.41) is 3.85. The number of aryl methyl sites for hydroxylation is 2. The van der Waals surface area contributed by atoms with Gasteiger partial charge in [0.1, 0.15) is 23.3 Å². The van der Waals surface area contributed by atoms with E-state index in [2.05, 4.69) is 10.3 Å². The number of carbonyl (C=O) groups is 1. The van der Waals surface area contributed by atoms with Crippen molar-refractivity contribution in [3.8, 4) is 5.75 Å². The third kappa shape index (κ3) is 4.28. The van der Waals surface area contributed by atoms with Gasteiger partial charge in [-0.1, -0.05) is 42.5 Å². The summed E-state index contributed by atoms with van der Waals surface area (Å²) in [7, 11) is 1.62. The molecule has 0 saturated carbocycles. The van der Waals surface area contributed by atoms with Crippen LogP contribution in [0.4, 0.5) is 5.69 Å². The number of rotatable bonds is 6. The first-order valence-electron chi connectivity index (χ1n) is 11.4. The molecule has 0 atom stereocenters. The molecular formula is C28H26N4O3. The third-order valence-electron chi connectivity index (χ3n) is 6.21. The minimum absolute atomic E-state index is 0.000858. The van der Waals surface area contributed by atoms with Gasteiger partial charge in [-0.15, -0.1) is 0 Å². The summed E-state index contributed by atoms with van der Waals surface area (Å²) in [5.41, 5.74) is 5.37. The Morgan fingerprint density at radius 2 is 1.80 bits per heavy atom. The first kappa shape index (κ1) is 22.4. The van der Waals surface area contributed by atoms with Gasteiger partial charge in [0.05, 0.1) is 25.5 Å². The second-order valence-corrected chi connectivity index (χ2v) is 8.69. The van der Waals surface area contributed by atoms with Crippen molar-refractivity contribution in [3.63, 3.8) is 0 Å². The van der Waals surface area contributed by atoms with Gasteiger partial charge in [0.25, 0.3) is 5.56 Å². The Bertz CT molecular complexity index is 1610. The number of anilines is 1. The number of amides is 1. The smallest absolute Gasteiger partial charge is 0.278 e. The molecule has 0 aliphatic carbocycles. The molecule has 1 N–H and O–H groups in total. The van der Waals surface area contributed by atoms with Crippen LogP contribution >= 0.6 is 0 Å². The molecule has 0 bridgehead atoms. The van der Waals surface area contributed by atoms with Crippen LogP contribution in [0.15, 0.2) is 77.9 Å². The molecule has 0 fully saturated rings. The number of methoxy groups -OCH3 is 1. The van der Waals surface area contributed by atoms with Gasteiger partial charge in [0.15, 0.2) is 0 Å². The SMILES string of the molecule is COc1ccc(Cn2cnc3c4ccccc4n(CC(=O)Nc4cc(C)ccc4C)c3c2=O)cc1. The molecular weight excluding hydrogens is 440 g/mol. The van der Waals surface area contributed by atoms with Gasteiger partial charge < -0.3 is 14.6 Å². The van der Waals surface area contributed by atoms with Gasteiger partial charge in [0.2, 0.25) is 5.91 Å². The van der Waals surface area contributed by atoms with Gasteiger partial charge in [-0.05, 0) is 54.8 Å². The largest absolute Gasteiger partial charge is 0.497 e. The van der Waals surface area contributed by atoms with Crippen LogP contribution in [0.2, 0.25) is 0 Å². The molecule has 0 saturated heterocycles. The van der Waals surface area contributed by atoms with Crippen molar-refractivity contribution in [1.82, 2.24) is 14.1 Å². The van der Waals surface area contributed by atoms with Crippen molar-refractivity contribution in [2.45, 2.75) is 26.9 Å². The van der Waals surface area contributed by atoms with Crippen LogP contribution in [0.5, 0.6) is 5.75 Å². The van der Waals surface area contributed by atoms with E-state index in [0.29, 0.717) is 17.6 Å². The Morgan fingerprint density at radius 3 is 2.57 bits per heavy atom. The molecule has 1 amide bonds. The number of para-hydroxylation sites is 1. The van der Waals surface area contributed by atoms with Crippen LogP contribution in [0, 0.1) is 13.8 Å². The Labute approximate surface area is 202 Å². The lowest BCUT2D eigenvalue weighted by Crippen LogP contribution is -2.25. The van der Waals surface area contributed by atoms with Crippen molar-refractivity contribution < 1.29 is 9.53 Å². The first-order valence-corrected chi connectivity index (χ1v) is 11.4. The van der Waals surface area contributed by atoms with Gasteiger partial charge in [-0.2, -0.15) is 0 Å². The summed E-state index contributed by atoms with van der Waals surface area (Å²) >= 11 is 0. The summed E-state index contributed by atoms with van der Waals surface area (Å²) in [6.45, 7) is 4.30. The van der Waals surface area contributed by atoms with E-state index in [-0.39, 0.29) is 18.0 Å². The van der Waals surface area contributed by atoms with E-state index in [1.807, 2.05) is 80.6 Å². The molecule has 5 aromatic rings. The summed E-state index contributed by atoms with van der Waals surface area (Å²) in [6, 6.07) is 21.1. The van der Waals surface area contributed by atoms with Gasteiger partial charge in [-0.25, -0.2) is 4.98 Å². The molecule has 0 aliphatic rings. The summed E-state index contributed by atoms with van der Waals surface area (Å²) in [6.07, 6.45) is 1.57. The predicted octanol–water partition coefficient (Wildman–Crippen LogP) is 4.66. The van der Waals surface area contributed by atoms with Gasteiger partial charge in [0, 0.05) is 11.1 Å². The average molecular weight is 467 g/mol. The number of aromatic nitrogens is 3. The van der Waals surface area contributed by atoms with Gasteiger partial charge >= 0.3 is 0 Å². The monoisotopic (exact) mass is 466 g/mol. The number of nitrogens with one attached hydrogen (secondary N) is 1. The lowest BCUT2D eigenvalue weighted by molar-refractivity contribution is -0.116. The molecule has 0 spiro atoms. The molecule has 7 nitrogen and oxygen atoms in total. The minimum atomic E-state index is -0.202. The second-order valence-electron chi connectivity index (χ2n) is 8.69. The summed E-state index contributed by atoms with van der Waals surface area (Å²) < 4.78 is 8.56. The van der Waals surface area contributed by atoms with Crippen LogP contribution in [-0.2, 0) is 17.9 Å². The maximum Gasteiger partial charge on any atom is 0.278 e. The predicted molar refractivity (Wildman–Crippen MR) is 138 cm³/mol. The number of carbonyl (C=O) groups excluding carboxylic acids is 1. The third-order valence-corrected chi connectivity index (χ3v) is 6.21. The molecule has 0 aliphatic heterocycles. The zero-order valence-corrected chi connectivity index (χ0v) is 19.9. The molecule has 176 valence electrons. The molecule has 7 heteroatoms. The van der Waals surface area contributed by atoms with Crippen LogP contribution in [0.25, 0.3) is 21.9 Å². The molecule has 2 heterocycles. The second kappa shape index (κ2) is 9.10. The standard InChI is InChI=1S/C28H26N4O3/c1-18-8-9-19(2)23(14-18)30-25(33)16-32-24-7-5-4-6-22(24)26-27(32)28(34)31(17-29-26)15-20-10-12-21(35-3)13-11-20/h4-14,17H,15-16H2,1-3H3,(H,30,33).